The molecule has 1 atom stereocenters. The van der Waals surface area contributed by atoms with Crippen LogP contribution >= 0.6 is 0 Å². The Hall–Kier alpha value is -0.910. The molecule has 1 unspecified atom stereocenters. The lowest BCUT2D eigenvalue weighted by Crippen LogP contribution is -2.50. The van der Waals surface area contributed by atoms with Crippen LogP contribution in [0.2, 0.25) is 0 Å². The molecule has 0 radical (unpaired) electrons. The number of halogens is 2. The summed E-state index contributed by atoms with van der Waals surface area (Å²) in [6.45, 7) is 9.84. The van der Waals surface area contributed by atoms with Crippen LogP contribution in [0.15, 0.2) is 0 Å². The van der Waals surface area contributed by atoms with Crippen molar-refractivity contribution in [2.24, 2.45) is 11.3 Å². The lowest BCUT2D eigenvalue weighted by Gasteiger charge is -2.39. The molecule has 2 rings (SSSR count). The molecule has 0 aromatic heterocycles. The molecule has 2 saturated heterocycles. The van der Waals surface area contributed by atoms with Gasteiger partial charge in [0.1, 0.15) is 5.60 Å². The minimum Gasteiger partial charge on any atom is -0.444 e. The number of carbonyl (C=O) groups is 1. The number of hydrogen-bond acceptors (Lipinski definition) is 3. The predicted octanol–water partition coefficient (Wildman–Crippen LogP) is 4.44. The molecule has 0 bridgehead atoms. The Morgan fingerprint density at radius 2 is 1.88 bits per heavy atom. The molecule has 2 fully saturated rings. The van der Waals surface area contributed by atoms with Crippen molar-refractivity contribution in [2.45, 2.75) is 77.7 Å². The molecule has 0 spiro atoms. The maximum absolute atomic E-state index is 14.3. The Bertz CT molecular complexity index is 457. The van der Waals surface area contributed by atoms with E-state index in [-0.39, 0.29) is 24.9 Å². The van der Waals surface area contributed by atoms with E-state index in [9.17, 15) is 13.6 Å². The van der Waals surface area contributed by atoms with Crippen molar-refractivity contribution < 1.29 is 18.3 Å². The lowest BCUT2D eigenvalue weighted by atomic mass is 9.76. The van der Waals surface area contributed by atoms with Crippen LogP contribution in [0.4, 0.5) is 13.6 Å². The topological polar surface area (TPSA) is 41.6 Å². The Morgan fingerprint density at radius 3 is 2.48 bits per heavy atom. The fourth-order valence-corrected chi connectivity index (χ4v) is 3.83. The zero-order valence-electron chi connectivity index (χ0n) is 16.2. The highest BCUT2D eigenvalue weighted by Crippen LogP contribution is 2.39. The van der Waals surface area contributed by atoms with Gasteiger partial charge in [0, 0.05) is 25.4 Å². The fraction of sp³-hybridized carbons (Fsp3) is 0.947. The Balaban J connectivity index is 1.87. The van der Waals surface area contributed by atoms with Crippen LogP contribution in [-0.4, -0.2) is 48.7 Å². The van der Waals surface area contributed by atoms with E-state index in [0.29, 0.717) is 6.42 Å². The second kappa shape index (κ2) is 7.77. The SMILES string of the molecule is CC1(CCCC2CN(C(=O)OC(C)(C)C)CCC2(F)F)CCNCC1. The number of ether oxygens (including phenoxy) is 1. The minimum absolute atomic E-state index is 0.0712. The number of rotatable bonds is 4. The van der Waals surface area contributed by atoms with E-state index in [2.05, 4.69) is 12.2 Å². The zero-order chi connectivity index (χ0) is 18.7. The molecule has 25 heavy (non-hydrogen) atoms. The Labute approximate surface area is 150 Å². The van der Waals surface area contributed by atoms with E-state index >= 15 is 0 Å². The highest BCUT2D eigenvalue weighted by molar-refractivity contribution is 5.68. The monoisotopic (exact) mass is 360 g/mol. The molecular formula is C19H34F2N2O2. The van der Waals surface area contributed by atoms with Crippen molar-refractivity contribution >= 4 is 6.09 Å². The molecule has 146 valence electrons. The van der Waals surface area contributed by atoms with Crippen LogP contribution < -0.4 is 5.32 Å². The van der Waals surface area contributed by atoms with Gasteiger partial charge in [-0.15, -0.1) is 0 Å². The van der Waals surface area contributed by atoms with Gasteiger partial charge in [-0.2, -0.15) is 0 Å². The predicted molar refractivity (Wildman–Crippen MR) is 94.9 cm³/mol. The van der Waals surface area contributed by atoms with Gasteiger partial charge in [-0.3, -0.25) is 0 Å². The molecule has 0 aromatic carbocycles. The van der Waals surface area contributed by atoms with Gasteiger partial charge in [0.05, 0.1) is 0 Å². The average molecular weight is 360 g/mol. The second-order valence-corrected chi connectivity index (χ2v) is 9.09. The Morgan fingerprint density at radius 1 is 1.24 bits per heavy atom. The van der Waals surface area contributed by atoms with Crippen LogP contribution in [0.1, 0.15) is 66.2 Å². The Kier molecular flexibility index (Phi) is 6.34. The molecule has 4 nitrogen and oxygen atoms in total. The van der Waals surface area contributed by atoms with Crippen LogP contribution in [0.3, 0.4) is 0 Å². The molecule has 1 amide bonds. The van der Waals surface area contributed by atoms with Gasteiger partial charge < -0.3 is 15.0 Å². The largest absolute Gasteiger partial charge is 0.444 e. The average Bonchev–Trinajstić information content (AvgIpc) is 2.47. The van der Waals surface area contributed by atoms with Gasteiger partial charge in [0.15, 0.2) is 0 Å². The normalized spacial score (nSPS) is 26.3. The number of hydrogen-bond donors (Lipinski definition) is 1. The molecule has 2 heterocycles. The summed E-state index contributed by atoms with van der Waals surface area (Å²) >= 11 is 0. The molecule has 1 N–H and O–H groups in total. The van der Waals surface area contributed by atoms with Crippen molar-refractivity contribution in [3.05, 3.63) is 0 Å². The van der Waals surface area contributed by atoms with E-state index in [1.165, 1.54) is 4.90 Å². The van der Waals surface area contributed by atoms with Gasteiger partial charge in [-0.25, -0.2) is 13.6 Å². The molecule has 0 aliphatic carbocycles. The van der Waals surface area contributed by atoms with Crippen LogP contribution in [0.25, 0.3) is 0 Å². The van der Waals surface area contributed by atoms with E-state index in [1.807, 2.05) is 0 Å². The fourth-order valence-electron chi connectivity index (χ4n) is 3.83. The first-order valence-electron chi connectivity index (χ1n) is 9.57. The molecule has 0 saturated carbocycles. The van der Waals surface area contributed by atoms with Crippen molar-refractivity contribution in [3.8, 4) is 0 Å². The number of nitrogens with zero attached hydrogens (tertiary/aromatic N) is 1. The van der Waals surface area contributed by atoms with Crippen molar-refractivity contribution in [3.63, 3.8) is 0 Å². The third-order valence-corrected chi connectivity index (χ3v) is 5.55. The summed E-state index contributed by atoms with van der Waals surface area (Å²) in [5, 5.41) is 3.35. The summed E-state index contributed by atoms with van der Waals surface area (Å²) in [6.07, 6.45) is 3.72. The summed E-state index contributed by atoms with van der Waals surface area (Å²) < 4.78 is 34.0. The quantitative estimate of drug-likeness (QED) is 0.806. The number of alkyl halides is 2. The van der Waals surface area contributed by atoms with Crippen molar-refractivity contribution in [1.82, 2.24) is 10.2 Å². The highest BCUT2D eigenvalue weighted by Gasteiger charge is 2.45. The number of amides is 1. The summed E-state index contributed by atoms with van der Waals surface area (Å²) in [4.78, 5) is 13.7. The van der Waals surface area contributed by atoms with Gasteiger partial charge in [0.2, 0.25) is 0 Å². The summed E-state index contributed by atoms with van der Waals surface area (Å²) in [6, 6.07) is 0. The molecule has 2 aliphatic rings. The molecule has 0 aromatic rings. The molecular weight excluding hydrogens is 326 g/mol. The van der Waals surface area contributed by atoms with Gasteiger partial charge >= 0.3 is 6.09 Å². The smallest absolute Gasteiger partial charge is 0.410 e. The third-order valence-electron chi connectivity index (χ3n) is 5.55. The standard InChI is InChI=1S/C19H34F2N2O2/c1-17(2,3)25-16(24)23-13-10-19(20,21)15(14-23)6-5-7-18(4)8-11-22-12-9-18/h15,22H,5-14H2,1-4H3. The number of piperidine rings is 2. The number of carbonyl (C=O) groups excluding carboxylic acids is 1. The molecule has 2 aliphatic heterocycles. The van der Waals surface area contributed by atoms with Crippen LogP contribution in [-0.2, 0) is 4.74 Å². The van der Waals surface area contributed by atoms with Crippen molar-refractivity contribution in [2.75, 3.05) is 26.2 Å². The second-order valence-electron chi connectivity index (χ2n) is 9.09. The maximum Gasteiger partial charge on any atom is 0.410 e. The van der Waals surface area contributed by atoms with E-state index in [4.69, 9.17) is 4.74 Å². The maximum atomic E-state index is 14.3. The summed E-state index contributed by atoms with van der Waals surface area (Å²) in [5.74, 6) is -3.45. The first kappa shape index (κ1) is 20.4. The minimum atomic E-state index is -2.69. The lowest BCUT2D eigenvalue weighted by molar-refractivity contribution is -0.108. The van der Waals surface area contributed by atoms with E-state index in [0.717, 1.165) is 38.8 Å². The first-order valence-corrected chi connectivity index (χ1v) is 9.57. The van der Waals surface area contributed by atoms with Crippen LogP contribution in [0.5, 0.6) is 0 Å². The van der Waals surface area contributed by atoms with Gasteiger partial charge in [-0.1, -0.05) is 13.3 Å². The van der Waals surface area contributed by atoms with Gasteiger partial charge in [0.25, 0.3) is 5.92 Å². The zero-order valence-corrected chi connectivity index (χ0v) is 16.2. The van der Waals surface area contributed by atoms with Crippen molar-refractivity contribution in [1.29, 1.82) is 0 Å². The van der Waals surface area contributed by atoms with Gasteiger partial charge in [-0.05, 0) is 65.0 Å². The molecule has 6 heteroatoms. The van der Waals surface area contributed by atoms with Crippen LogP contribution in [0, 0.1) is 11.3 Å². The summed E-state index contributed by atoms with van der Waals surface area (Å²) in [7, 11) is 0. The third kappa shape index (κ3) is 6.08. The number of likely N-dealkylation sites (tertiary alicyclic amines) is 1. The van der Waals surface area contributed by atoms with E-state index in [1.54, 1.807) is 20.8 Å². The summed E-state index contributed by atoms with van der Waals surface area (Å²) in [5.41, 5.74) is -0.337. The number of nitrogens with one attached hydrogen (secondary N) is 1. The van der Waals surface area contributed by atoms with E-state index < -0.39 is 23.5 Å². The first-order chi connectivity index (χ1) is 11.5. The highest BCUT2D eigenvalue weighted by atomic mass is 19.3.